The Hall–Kier alpha value is -2.18. The summed E-state index contributed by atoms with van der Waals surface area (Å²) < 4.78 is 13.5. The molecule has 3 heteroatoms. The first-order valence-electron chi connectivity index (χ1n) is 10.4. The second-order valence-corrected chi connectivity index (χ2v) is 7.60. The van der Waals surface area contributed by atoms with E-state index in [0.717, 1.165) is 38.8 Å². The van der Waals surface area contributed by atoms with Crippen molar-refractivity contribution in [3.8, 4) is 6.07 Å². The van der Waals surface area contributed by atoms with E-state index in [-0.39, 0.29) is 5.92 Å². The van der Waals surface area contributed by atoms with Gasteiger partial charge in [-0.15, -0.1) is 0 Å². The molecule has 1 aliphatic rings. The van der Waals surface area contributed by atoms with Crippen LogP contribution in [0, 0.1) is 11.3 Å². The molecule has 2 aromatic carbocycles. The highest BCUT2D eigenvalue weighted by Crippen LogP contribution is 2.39. The molecule has 0 heterocycles. The number of alkyl halides is 1. The summed E-state index contributed by atoms with van der Waals surface area (Å²) in [5, 5.41) is 7.32. The lowest BCUT2D eigenvalue weighted by atomic mass is 9.78. The Bertz CT molecular complexity index is 720. The lowest BCUT2D eigenvalue weighted by molar-refractivity contribution is 0.170. The molecule has 2 aromatic rings. The molecule has 1 saturated carbocycles. The lowest BCUT2D eigenvalue weighted by Gasteiger charge is -2.31. The van der Waals surface area contributed by atoms with Crippen molar-refractivity contribution >= 4 is 0 Å². The third kappa shape index (κ3) is 6.46. The van der Waals surface area contributed by atoms with Crippen LogP contribution in [0.1, 0.15) is 62.6 Å². The molecule has 0 spiro atoms. The van der Waals surface area contributed by atoms with E-state index >= 15 is 0 Å². The van der Waals surface area contributed by atoms with Gasteiger partial charge < -0.3 is 0 Å². The van der Waals surface area contributed by atoms with Crippen LogP contribution in [0.2, 0.25) is 0 Å². The molecule has 1 aliphatic carbocycles. The molecule has 1 fully saturated rings. The summed E-state index contributed by atoms with van der Waals surface area (Å²) in [4.78, 5) is 2.53. The molecule has 2 nitrogen and oxygen atoms in total. The average molecular weight is 381 g/mol. The molecular weight excluding hydrogens is 347 g/mol. The van der Waals surface area contributed by atoms with Crippen molar-refractivity contribution in [2.45, 2.75) is 71.1 Å². The van der Waals surface area contributed by atoms with Crippen LogP contribution in [-0.2, 0) is 13.0 Å². The molecule has 0 amide bonds. The quantitative estimate of drug-likeness (QED) is 0.539. The second-order valence-electron chi connectivity index (χ2n) is 7.60. The third-order valence-corrected chi connectivity index (χ3v) is 5.71. The highest BCUT2D eigenvalue weighted by Gasteiger charge is 2.31. The van der Waals surface area contributed by atoms with E-state index in [9.17, 15) is 4.39 Å². The van der Waals surface area contributed by atoms with Gasteiger partial charge >= 0.3 is 0 Å². The predicted molar refractivity (Wildman–Crippen MR) is 115 cm³/mol. The summed E-state index contributed by atoms with van der Waals surface area (Å²) in [5.74, 6) is 0.148. The minimum Gasteiger partial charge on any atom is -0.297 e. The van der Waals surface area contributed by atoms with Crippen molar-refractivity contribution < 1.29 is 4.39 Å². The zero-order valence-corrected chi connectivity index (χ0v) is 17.4. The van der Waals surface area contributed by atoms with E-state index < -0.39 is 6.17 Å². The SMILES string of the molecule is CC#N.CCN(Cc1ccccc1)C(C)CCc1ccc(C2CCC2F)cc1. The van der Waals surface area contributed by atoms with E-state index in [4.69, 9.17) is 5.26 Å². The molecule has 0 radical (unpaired) electrons. The Labute approximate surface area is 170 Å². The zero-order chi connectivity index (χ0) is 20.4. The number of rotatable bonds is 8. The first-order chi connectivity index (χ1) is 13.6. The summed E-state index contributed by atoms with van der Waals surface area (Å²) in [6.45, 7) is 8.06. The first-order valence-corrected chi connectivity index (χ1v) is 10.4. The highest BCUT2D eigenvalue weighted by atomic mass is 19.1. The number of benzene rings is 2. The maximum absolute atomic E-state index is 13.5. The first kappa shape index (κ1) is 22.1. The molecular formula is C25H33FN2. The van der Waals surface area contributed by atoms with E-state index in [2.05, 4.69) is 73.3 Å². The van der Waals surface area contributed by atoms with Gasteiger partial charge in [-0.25, -0.2) is 4.39 Å². The van der Waals surface area contributed by atoms with Crippen molar-refractivity contribution in [3.05, 3.63) is 71.3 Å². The van der Waals surface area contributed by atoms with Gasteiger partial charge in [0.15, 0.2) is 0 Å². The fourth-order valence-electron chi connectivity index (χ4n) is 3.72. The Morgan fingerprint density at radius 1 is 1.07 bits per heavy atom. The van der Waals surface area contributed by atoms with E-state index in [1.165, 1.54) is 23.6 Å². The van der Waals surface area contributed by atoms with Crippen LogP contribution in [0.3, 0.4) is 0 Å². The maximum Gasteiger partial charge on any atom is 0.107 e. The van der Waals surface area contributed by atoms with Crippen LogP contribution in [0.4, 0.5) is 4.39 Å². The van der Waals surface area contributed by atoms with Gasteiger partial charge in [0.25, 0.3) is 0 Å². The zero-order valence-electron chi connectivity index (χ0n) is 17.4. The number of aryl methyl sites for hydroxylation is 1. The number of nitrogens with zero attached hydrogens (tertiary/aromatic N) is 2. The number of halogens is 1. The Balaban J connectivity index is 0.000000878. The molecule has 3 unspecified atom stereocenters. The molecule has 0 bridgehead atoms. The third-order valence-electron chi connectivity index (χ3n) is 5.71. The van der Waals surface area contributed by atoms with Gasteiger partial charge in [-0.1, -0.05) is 61.5 Å². The van der Waals surface area contributed by atoms with Crippen LogP contribution in [-0.4, -0.2) is 23.7 Å². The van der Waals surface area contributed by atoms with Gasteiger partial charge in [0.05, 0.1) is 6.07 Å². The van der Waals surface area contributed by atoms with Gasteiger partial charge in [0.2, 0.25) is 0 Å². The minimum absolute atomic E-state index is 0.148. The second kappa shape index (κ2) is 11.6. The van der Waals surface area contributed by atoms with E-state index in [0.29, 0.717) is 6.04 Å². The van der Waals surface area contributed by atoms with Crippen LogP contribution in [0.15, 0.2) is 54.6 Å². The molecule has 0 aliphatic heterocycles. The smallest absolute Gasteiger partial charge is 0.107 e. The van der Waals surface area contributed by atoms with Crippen molar-refractivity contribution in [1.29, 1.82) is 5.26 Å². The monoisotopic (exact) mass is 380 g/mol. The van der Waals surface area contributed by atoms with Crippen LogP contribution in [0.5, 0.6) is 0 Å². The number of hydrogen-bond acceptors (Lipinski definition) is 2. The molecule has 150 valence electrons. The fraction of sp³-hybridized carbons (Fsp3) is 0.480. The number of nitriles is 1. The van der Waals surface area contributed by atoms with Crippen LogP contribution in [0.25, 0.3) is 0 Å². The minimum atomic E-state index is -0.623. The summed E-state index contributed by atoms with van der Waals surface area (Å²) in [5.41, 5.74) is 3.91. The van der Waals surface area contributed by atoms with E-state index in [1.807, 2.05) is 0 Å². The van der Waals surface area contributed by atoms with Crippen molar-refractivity contribution in [3.63, 3.8) is 0 Å². The van der Waals surface area contributed by atoms with Crippen molar-refractivity contribution in [2.75, 3.05) is 6.54 Å². The molecule has 28 heavy (non-hydrogen) atoms. The maximum atomic E-state index is 13.5. The van der Waals surface area contributed by atoms with Gasteiger partial charge in [-0.05, 0) is 55.8 Å². The summed E-state index contributed by atoms with van der Waals surface area (Å²) in [6.07, 6.45) is 3.34. The molecule has 3 atom stereocenters. The van der Waals surface area contributed by atoms with Crippen molar-refractivity contribution in [1.82, 2.24) is 4.90 Å². The topological polar surface area (TPSA) is 27.0 Å². The van der Waals surface area contributed by atoms with Crippen LogP contribution < -0.4 is 0 Å². The predicted octanol–water partition coefficient (Wildman–Crippen LogP) is 6.28. The highest BCUT2D eigenvalue weighted by molar-refractivity contribution is 5.28. The standard InChI is InChI=1S/C23H30FN.C2H3N/c1-3-25(17-20-7-5-4-6-8-20)18(2)9-10-19-11-13-21(14-12-19)22-15-16-23(22)24;1-2-3/h4-8,11-14,18,22-23H,3,9-10,15-17H2,1-2H3;1H3. The largest absolute Gasteiger partial charge is 0.297 e. The van der Waals surface area contributed by atoms with E-state index in [1.54, 1.807) is 6.07 Å². The van der Waals surface area contributed by atoms with Gasteiger partial charge in [-0.3, -0.25) is 4.90 Å². The summed E-state index contributed by atoms with van der Waals surface area (Å²) in [6, 6.07) is 21.7. The average Bonchev–Trinajstić information content (AvgIpc) is 2.71. The molecule has 0 aromatic heterocycles. The van der Waals surface area contributed by atoms with Crippen LogP contribution >= 0.6 is 0 Å². The fourth-order valence-corrected chi connectivity index (χ4v) is 3.72. The Morgan fingerprint density at radius 2 is 1.71 bits per heavy atom. The number of hydrogen-bond donors (Lipinski definition) is 0. The molecule has 0 N–H and O–H groups in total. The molecule has 0 saturated heterocycles. The van der Waals surface area contributed by atoms with Gasteiger partial charge in [0.1, 0.15) is 6.17 Å². The van der Waals surface area contributed by atoms with Crippen molar-refractivity contribution in [2.24, 2.45) is 0 Å². The Morgan fingerprint density at radius 3 is 2.21 bits per heavy atom. The van der Waals surface area contributed by atoms with Gasteiger partial charge in [-0.2, -0.15) is 5.26 Å². The lowest BCUT2D eigenvalue weighted by Crippen LogP contribution is -2.32. The summed E-state index contributed by atoms with van der Waals surface area (Å²) >= 11 is 0. The van der Waals surface area contributed by atoms with Gasteiger partial charge in [0, 0.05) is 25.4 Å². The Kier molecular flexibility index (Phi) is 9.17. The normalized spacial score (nSPS) is 19.1. The molecule has 3 rings (SSSR count). The summed E-state index contributed by atoms with van der Waals surface area (Å²) in [7, 11) is 0.